The molecule has 0 aliphatic heterocycles. The second kappa shape index (κ2) is 6.35. The van der Waals surface area contributed by atoms with Crippen molar-refractivity contribution < 1.29 is 4.79 Å². The summed E-state index contributed by atoms with van der Waals surface area (Å²) < 4.78 is 0. The molecule has 0 spiro atoms. The van der Waals surface area contributed by atoms with E-state index in [2.05, 4.69) is 22.4 Å². The Morgan fingerprint density at radius 2 is 1.95 bits per heavy atom. The van der Waals surface area contributed by atoms with Crippen LogP contribution in [0.3, 0.4) is 0 Å². The summed E-state index contributed by atoms with van der Waals surface area (Å²) in [6.07, 6.45) is 6.83. The number of hydrogen-bond donors (Lipinski definition) is 1. The number of nitrogens with zero attached hydrogens (tertiary/aromatic N) is 1. The molecule has 1 aliphatic rings. The maximum atomic E-state index is 11.9. The van der Waals surface area contributed by atoms with Gasteiger partial charge in [0.15, 0.2) is 5.78 Å². The number of carbonyl (C=O) groups excluding carboxylic acids is 1. The zero-order valence-electron chi connectivity index (χ0n) is 11.8. The summed E-state index contributed by atoms with van der Waals surface area (Å²) in [5, 5.41) is 3.37. The number of benzene rings is 1. The van der Waals surface area contributed by atoms with E-state index in [9.17, 15) is 4.79 Å². The minimum atomic E-state index is 0.198. The molecule has 21 heavy (non-hydrogen) atoms. The van der Waals surface area contributed by atoms with Crippen LogP contribution in [0.25, 0.3) is 0 Å². The number of hydrogen-bond acceptors (Lipinski definition) is 3. The predicted molar refractivity (Wildman–Crippen MR) is 82.6 cm³/mol. The van der Waals surface area contributed by atoms with Gasteiger partial charge in [0.05, 0.1) is 0 Å². The molecule has 1 heterocycles. The van der Waals surface area contributed by atoms with E-state index in [4.69, 9.17) is 0 Å². The van der Waals surface area contributed by atoms with Gasteiger partial charge in [0.2, 0.25) is 0 Å². The topological polar surface area (TPSA) is 42.0 Å². The summed E-state index contributed by atoms with van der Waals surface area (Å²) in [5.74, 6) is 0.476. The van der Waals surface area contributed by atoms with Crippen LogP contribution in [0.1, 0.15) is 29.9 Å². The molecule has 1 atom stereocenters. The van der Waals surface area contributed by atoms with Crippen molar-refractivity contribution in [2.24, 2.45) is 0 Å². The van der Waals surface area contributed by atoms with Crippen molar-refractivity contribution in [1.29, 1.82) is 0 Å². The van der Waals surface area contributed by atoms with Gasteiger partial charge in [0.25, 0.3) is 0 Å². The number of ketones is 1. The third kappa shape index (κ3) is 3.57. The lowest BCUT2D eigenvalue weighted by Gasteiger charge is -2.23. The van der Waals surface area contributed by atoms with Crippen molar-refractivity contribution in [2.75, 3.05) is 0 Å². The van der Waals surface area contributed by atoms with E-state index >= 15 is 0 Å². The highest BCUT2D eigenvalue weighted by atomic mass is 16.1. The Morgan fingerprint density at radius 1 is 1.10 bits per heavy atom. The molecule has 1 N–H and O–H groups in total. The van der Waals surface area contributed by atoms with Gasteiger partial charge in [-0.25, -0.2) is 0 Å². The van der Waals surface area contributed by atoms with E-state index < -0.39 is 0 Å². The maximum Gasteiger partial charge on any atom is 0.158 e. The first kappa shape index (κ1) is 13.6. The fourth-order valence-electron chi connectivity index (χ4n) is 2.70. The number of pyridine rings is 1. The molecule has 0 bridgehead atoms. The first-order valence-corrected chi connectivity index (χ1v) is 7.22. The molecule has 106 valence electrons. The summed E-state index contributed by atoms with van der Waals surface area (Å²) in [5.41, 5.74) is 3.37. The molecule has 2 aromatic rings. The van der Waals surface area contributed by atoms with Gasteiger partial charge in [-0.05, 0) is 29.5 Å². The second-order valence-corrected chi connectivity index (χ2v) is 5.37. The van der Waals surface area contributed by atoms with Gasteiger partial charge in [0.1, 0.15) is 0 Å². The summed E-state index contributed by atoms with van der Waals surface area (Å²) in [6, 6.07) is 14.2. The Labute approximate surface area is 124 Å². The van der Waals surface area contributed by atoms with E-state index in [1.165, 1.54) is 5.56 Å². The van der Waals surface area contributed by atoms with Gasteiger partial charge in [-0.2, -0.15) is 0 Å². The van der Waals surface area contributed by atoms with Crippen LogP contribution in [-0.4, -0.2) is 10.8 Å². The molecule has 3 nitrogen and oxygen atoms in total. The van der Waals surface area contributed by atoms with Crippen LogP contribution in [-0.2, 0) is 11.3 Å². The van der Waals surface area contributed by atoms with E-state index in [0.717, 1.165) is 17.7 Å². The van der Waals surface area contributed by atoms with Gasteiger partial charge >= 0.3 is 0 Å². The largest absolute Gasteiger partial charge is 0.384 e. The van der Waals surface area contributed by atoms with Crippen LogP contribution in [0.2, 0.25) is 0 Å². The average molecular weight is 278 g/mol. The number of nitrogens with one attached hydrogen (secondary N) is 1. The van der Waals surface area contributed by atoms with Gasteiger partial charge in [-0.15, -0.1) is 0 Å². The first-order chi connectivity index (χ1) is 10.3. The lowest BCUT2D eigenvalue weighted by Crippen LogP contribution is -2.21. The predicted octanol–water partition coefficient (Wildman–Crippen LogP) is 3.20. The number of aromatic nitrogens is 1. The number of allylic oxidation sites excluding steroid dienone is 2. The Hall–Kier alpha value is -2.42. The quantitative estimate of drug-likeness (QED) is 0.933. The molecule has 0 fully saturated rings. The standard InChI is InChI=1S/C18H18N2O/c21-18-10-16(15-6-2-1-3-7-15)9-17(11-18)20-13-14-5-4-8-19-12-14/h1-8,11-12,16,20H,9-10,13H2/t16-/m1/s1. The van der Waals surface area contributed by atoms with E-state index in [1.807, 2.05) is 36.5 Å². The van der Waals surface area contributed by atoms with Crippen LogP contribution < -0.4 is 5.32 Å². The van der Waals surface area contributed by atoms with Gasteiger partial charge in [-0.1, -0.05) is 36.4 Å². The molecule has 3 rings (SSSR count). The molecular weight excluding hydrogens is 260 g/mol. The molecule has 0 radical (unpaired) electrons. The van der Waals surface area contributed by atoms with Crippen molar-refractivity contribution in [3.8, 4) is 0 Å². The molecule has 0 amide bonds. The highest BCUT2D eigenvalue weighted by molar-refractivity contribution is 5.91. The van der Waals surface area contributed by atoms with Crippen molar-refractivity contribution in [2.45, 2.75) is 25.3 Å². The first-order valence-electron chi connectivity index (χ1n) is 7.22. The minimum Gasteiger partial charge on any atom is -0.384 e. The van der Waals surface area contributed by atoms with Crippen molar-refractivity contribution >= 4 is 5.78 Å². The van der Waals surface area contributed by atoms with Crippen LogP contribution in [0, 0.1) is 0 Å². The summed E-state index contributed by atoms with van der Waals surface area (Å²) >= 11 is 0. The van der Waals surface area contributed by atoms with Crippen molar-refractivity contribution in [1.82, 2.24) is 10.3 Å². The minimum absolute atomic E-state index is 0.198. The smallest absolute Gasteiger partial charge is 0.158 e. The lowest BCUT2D eigenvalue weighted by atomic mass is 9.85. The van der Waals surface area contributed by atoms with Crippen molar-refractivity contribution in [3.05, 3.63) is 77.8 Å². The fourth-order valence-corrected chi connectivity index (χ4v) is 2.70. The van der Waals surface area contributed by atoms with Gasteiger partial charge in [-0.3, -0.25) is 9.78 Å². The monoisotopic (exact) mass is 278 g/mol. The Balaban J connectivity index is 1.67. The lowest BCUT2D eigenvalue weighted by molar-refractivity contribution is -0.115. The number of rotatable bonds is 4. The van der Waals surface area contributed by atoms with Gasteiger partial charge < -0.3 is 5.32 Å². The molecule has 1 aromatic carbocycles. The second-order valence-electron chi connectivity index (χ2n) is 5.37. The zero-order chi connectivity index (χ0) is 14.5. The van der Waals surface area contributed by atoms with Crippen molar-refractivity contribution in [3.63, 3.8) is 0 Å². The number of carbonyl (C=O) groups is 1. The highest BCUT2D eigenvalue weighted by Gasteiger charge is 2.21. The third-order valence-corrected chi connectivity index (χ3v) is 3.76. The van der Waals surface area contributed by atoms with Crippen LogP contribution in [0.4, 0.5) is 0 Å². The molecular formula is C18H18N2O. The van der Waals surface area contributed by atoms with Crippen LogP contribution in [0.15, 0.2) is 66.6 Å². The molecule has 0 unspecified atom stereocenters. The Bertz CT molecular complexity index is 635. The summed E-state index contributed by atoms with van der Waals surface area (Å²) in [4.78, 5) is 16.0. The summed E-state index contributed by atoms with van der Waals surface area (Å²) in [7, 11) is 0. The summed E-state index contributed by atoms with van der Waals surface area (Å²) in [6.45, 7) is 0.703. The SMILES string of the molecule is O=C1C=C(NCc2cccnc2)C[C@@H](c2ccccc2)C1. The average Bonchev–Trinajstić information content (AvgIpc) is 2.54. The van der Waals surface area contributed by atoms with E-state index in [1.54, 1.807) is 12.3 Å². The molecule has 0 saturated heterocycles. The van der Waals surface area contributed by atoms with Gasteiger partial charge in [0, 0.05) is 37.1 Å². The van der Waals surface area contributed by atoms with E-state index in [0.29, 0.717) is 13.0 Å². The Morgan fingerprint density at radius 3 is 2.71 bits per heavy atom. The third-order valence-electron chi connectivity index (χ3n) is 3.76. The molecule has 3 heteroatoms. The van der Waals surface area contributed by atoms with Crippen LogP contribution in [0.5, 0.6) is 0 Å². The zero-order valence-corrected chi connectivity index (χ0v) is 11.8. The Kier molecular flexibility index (Phi) is 4.10. The van der Waals surface area contributed by atoms with Crippen LogP contribution >= 0.6 is 0 Å². The maximum absolute atomic E-state index is 11.9. The highest BCUT2D eigenvalue weighted by Crippen LogP contribution is 2.30. The molecule has 1 aromatic heterocycles. The fraction of sp³-hybridized carbons (Fsp3) is 0.222. The van der Waals surface area contributed by atoms with E-state index in [-0.39, 0.29) is 11.7 Å². The molecule has 0 saturated carbocycles. The normalized spacial score (nSPS) is 18.2. The molecule has 1 aliphatic carbocycles.